The minimum atomic E-state index is 0.355. The van der Waals surface area contributed by atoms with Crippen molar-refractivity contribution >= 4 is 0 Å². The van der Waals surface area contributed by atoms with E-state index in [0.717, 1.165) is 42.5 Å². The summed E-state index contributed by atoms with van der Waals surface area (Å²) < 4.78 is 5.52. The maximum atomic E-state index is 5.52. The van der Waals surface area contributed by atoms with Crippen LogP contribution in [0.2, 0.25) is 0 Å². The third-order valence-corrected chi connectivity index (χ3v) is 7.68. The summed E-state index contributed by atoms with van der Waals surface area (Å²) in [5.41, 5.74) is 2.62. The van der Waals surface area contributed by atoms with Crippen LogP contribution in [-0.4, -0.2) is 19.7 Å². The summed E-state index contributed by atoms with van der Waals surface area (Å²) in [5, 5.41) is 7.84. The standard InChI is InChI=1S/C26H34N2O/c1-29-25-10-6-5-9-21(25)16-27-17-24(20-7-3-2-4-8-20)28-26-22-12-18-11-19(14-22)15-23(26)13-18/h2-10,18-19,22-24,26-28H,11-17H2,1H3. The monoisotopic (exact) mass is 390 g/mol. The lowest BCUT2D eigenvalue weighted by atomic mass is 9.54. The van der Waals surface area contributed by atoms with Gasteiger partial charge in [0.25, 0.3) is 0 Å². The van der Waals surface area contributed by atoms with Gasteiger partial charge in [0.15, 0.2) is 0 Å². The van der Waals surface area contributed by atoms with Gasteiger partial charge >= 0.3 is 0 Å². The summed E-state index contributed by atoms with van der Waals surface area (Å²) in [4.78, 5) is 0. The molecule has 4 bridgehead atoms. The van der Waals surface area contributed by atoms with Crippen molar-refractivity contribution in [1.82, 2.24) is 10.6 Å². The first kappa shape index (κ1) is 19.1. The molecule has 29 heavy (non-hydrogen) atoms. The molecule has 4 aliphatic carbocycles. The van der Waals surface area contributed by atoms with Crippen LogP contribution in [0.5, 0.6) is 5.75 Å². The van der Waals surface area contributed by atoms with Gasteiger partial charge in [0.2, 0.25) is 0 Å². The van der Waals surface area contributed by atoms with Crippen molar-refractivity contribution in [2.45, 2.75) is 50.7 Å². The molecular formula is C26H34N2O. The lowest BCUT2D eigenvalue weighted by molar-refractivity contribution is -0.0178. The molecule has 1 atom stereocenters. The fraction of sp³-hybridized carbons (Fsp3) is 0.538. The molecule has 6 rings (SSSR count). The lowest BCUT2D eigenvalue weighted by Gasteiger charge is -2.55. The number of nitrogens with one attached hydrogen (secondary N) is 2. The van der Waals surface area contributed by atoms with Gasteiger partial charge in [-0.25, -0.2) is 0 Å². The van der Waals surface area contributed by atoms with Gasteiger partial charge < -0.3 is 15.4 Å². The summed E-state index contributed by atoms with van der Waals surface area (Å²) in [7, 11) is 1.75. The van der Waals surface area contributed by atoms with Gasteiger partial charge in [0, 0.05) is 30.7 Å². The van der Waals surface area contributed by atoms with Gasteiger partial charge in [-0.05, 0) is 67.4 Å². The molecule has 0 aromatic heterocycles. The molecule has 0 aliphatic heterocycles. The fourth-order valence-electron chi connectivity index (χ4n) is 6.59. The van der Waals surface area contributed by atoms with Gasteiger partial charge in [0.05, 0.1) is 7.11 Å². The van der Waals surface area contributed by atoms with E-state index in [1.54, 1.807) is 7.11 Å². The van der Waals surface area contributed by atoms with E-state index in [0.29, 0.717) is 12.1 Å². The molecule has 2 aromatic carbocycles. The number of rotatable bonds is 8. The number of methoxy groups -OCH3 is 1. The molecule has 154 valence electrons. The predicted octanol–water partition coefficient (Wildman–Crippen LogP) is 4.94. The number of hydrogen-bond donors (Lipinski definition) is 2. The Hall–Kier alpha value is -1.84. The smallest absolute Gasteiger partial charge is 0.123 e. The molecule has 0 heterocycles. The van der Waals surface area contributed by atoms with Crippen molar-refractivity contribution < 1.29 is 4.74 Å². The van der Waals surface area contributed by atoms with Gasteiger partial charge in [-0.2, -0.15) is 0 Å². The third-order valence-electron chi connectivity index (χ3n) is 7.68. The molecule has 0 saturated heterocycles. The van der Waals surface area contributed by atoms with E-state index in [1.807, 2.05) is 12.1 Å². The quantitative estimate of drug-likeness (QED) is 0.670. The first-order valence-corrected chi connectivity index (χ1v) is 11.4. The zero-order valence-corrected chi connectivity index (χ0v) is 17.5. The van der Waals surface area contributed by atoms with Gasteiger partial charge in [-0.1, -0.05) is 48.5 Å². The van der Waals surface area contributed by atoms with E-state index < -0.39 is 0 Å². The van der Waals surface area contributed by atoms with Crippen LogP contribution in [0, 0.1) is 23.7 Å². The molecule has 3 heteroatoms. The first-order chi connectivity index (χ1) is 14.3. The van der Waals surface area contributed by atoms with E-state index in [2.05, 4.69) is 53.1 Å². The molecular weight excluding hydrogens is 356 g/mol. The van der Waals surface area contributed by atoms with Gasteiger partial charge in [-0.15, -0.1) is 0 Å². The second-order valence-electron chi connectivity index (χ2n) is 9.53. The SMILES string of the molecule is COc1ccccc1CNCC(NC1C2CC3CC(C2)CC1C3)c1ccccc1. The molecule has 0 amide bonds. The fourth-order valence-corrected chi connectivity index (χ4v) is 6.59. The van der Waals surface area contributed by atoms with Crippen molar-refractivity contribution in [1.29, 1.82) is 0 Å². The summed E-state index contributed by atoms with van der Waals surface area (Å²) in [6.45, 7) is 1.77. The van der Waals surface area contributed by atoms with Crippen LogP contribution in [0.25, 0.3) is 0 Å². The number of benzene rings is 2. The summed E-state index contributed by atoms with van der Waals surface area (Å²) in [6.07, 6.45) is 7.35. The largest absolute Gasteiger partial charge is 0.496 e. The Kier molecular flexibility index (Phi) is 5.61. The van der Waals surface area contributed by atoms with Crippen LogP contribution >= 0.6 is 0 Å². The molecule has 4 aliphatic rings. The number of para-hydroxylation sites is 1. The average molecular weight is 391 g/mol. The lowest BCUT2D eigenvalue weighted by Crippen LogP contribution is -2.56. The van der Waals surface area contributed by atoms with E-state index in [1.165, 1.54) is 43.2 Å². The molecule has 1 unspecified atom stereocenters. The van der Waals surface area contributed by atoms with Crippen LogP contribution < -0.4 is 15.4 Å². The Balaban J connectivity index is 1.27. The van der Waals surface area contributed by atoms with Crippen LogP contribution in [-0.2, 0) is 6.54 Å². The number of ether oxygens (including phenoxy) is 1. The zero-order valence-electron chi connectivity index (χ0n) is 17.5. The van der Waals surface area contributed by atoms with Crippen LogP contribution in [0.15, 0.2) is 54.6 Å². The normalized spacial score (nSPS) is 31.0. The Morgan fingerprint density at radius 1 is 0.862 bits per heavy atom. The van der Waals surface area contributed by atoms with Crippen LogP contribution in [0.4, 0.5) is 0 Å². The zero-order chi connectivity index (χ0) is 19.6. The minimum absolute atomic E-state index is 0.355. The summed E-state index contributed by atoms with van der Waals surface area (Å²) >= 11 is 0. The molecule has 2 N–H and O–H groups in total. The highest BCUT2D eigenvalue weighted by Crippen LogP contribution is 2.54. The van der Waals surface area contributed by atoms with E-state index in [-0.39, 0.29) is 0 Å². The molecule has 3 nitrogen and oxygen atoms in total. The molecule has 4 fully saturated rings. The Morgan fingerprint density at radius 2 is 1.52 bits per heavy atom. The molecule has 0 radical (unpaired) electrons. The average Bonchev–Trinajstić information content (AvgIpc) is 2.75. The molecule has 2 aromatic rings. The highest BCUT2D eigenvalue weighted by molar-refractivity contribution is 5.33. The van der Waals surface area contributed by atoms with Crippen molar-refractivity contribution in [2.24, 2.45) is 23.7 Å². The molecule has 0 spiro atoms. The van der Waals surface area contributed by atoms with Crippen LogP contribution in [0.3, 0.4) is 0 Å². The van der Waals surface area contributed by atoms with Gasteiger partial charge in [0.1, 0.15) is 5.75 Å². The Morgan fingerprint density at radius 3 is 2.21 bits per heavy atom. The minimum Gasteiger partial charge on any atom is -0.496 e. The third kappa shape index (κ3) is 4.08. The molecule has 4 saturated carbocycles. The topological polar surface area (TPSA) is 33.3 Å². The maximum absolute atomic E-state index is 5.52. The Labute approximate surface area is 175 Å². The van der Waals surface area contributed by atoms with E-state index in [9.17, 15) is 0 Å². The predicted molar refractivity (Wildman–Crippen MR) is 118 cm³/mol. The van der Waals surface area contributed by atoms with Crippen molar-refractivity contribution in [3.8, 4) is 5.75 Å². The second-order valence-corrected chi connectivity index (χ2v) is 9.53. The van der Waals surface area contributed by atoms with E-state index >= 15 is 0 Å². The highest BCUT2D eigenvalue weighted by Gasteiger charge is 2.48. The van der Waals surface area contributed by atoms with Crippen molar-refractivity contribution in [2.75, 3.05) is 13.7 Å². The van der Waals surface area contributed by atoms with Gasteiger partial charge in [-0.3, -0.25) is 0 Å². The number of hydrogen-bond acceptors (Lipinski definition) is 3. The Bertz CT molecular complexity index is 777. The van der Waals surface area contributed by atoms with Crippen molar-refractivity contribution in [3.05, 3.63) is 65.7 Å². The van der Waals surface area contributed by atoms with E-state index in [4.69, 9.17) is 4.74 Å². The van der Waals surface area contributed by atoms with Crippen LogP contribution in [0.1, 0.15) is 49.3 Å². The second kappa shape index (κ2) is 8.49. The summed E-state index contributed by atoms with van der Waals surface area (Å²) in [5.74, 6) is 4.80. The van der Waals surface area contributed by atoms with Crippen molar-refractivity contribution in [3.63, 3.8) is 0 Å². The first-order valence-electron chi connectivity index (χ1n) is 11.4. The summed E-state index contributed by atoms with van der Waals surface area (Å²) in [6, 6.07) is 20.4. The highest BCUT2D eigenvalue weighted by atomic mass is 16.5. The maximum Gasteiger partial charge on any atom is 0.123 e.